The molecule has 0 aliphatic carbocycles. The lowest BCUT2D eigenvalue weighted by Crippen LogP contribution is -2.05. The van der Waals surface area contributed by atoms with Gasteiger partial charge in [0.05, 0.1) is 17.4 Å². The third kappa shape index (κ3) is 2.84. The summed E-state index contributed by atoms with van der Waals surface area (Å²) in [7, 11) is 0. The fourth-order valence-electron chi connectivity index (χ4n) is 1.68. The molecule has 0 amide bonds. The van der Waals surface area contributed by atoms with Gasteiger partial charge in [-0.2, -0.15) is 5.10 Å². The Labute approximate surface area is 105 Å². The molecular formula is C12H15ClN4. The van der Waals surface area contributed by atoms with Gasteiger partial charge in [-0.15, -0.1) is 0 Å². The third-order valence-electron chi connectivity index (χ3n) is 2.45. The third-order valence-corrected chi connectivity index (χ3v) is 2.65. The molecule has 2 aromatic heterocycles. The minimum Gasteiger partial charge on any atom is -0.326 e. The smallest absolute Gasteiger partial charge is 0.153 e. The van der Waals surface area contributed by atoms with Crippen molar-refractivity contribution >= 4 is 11.6 Å². The van der Waals surface area contributed by atoms with Crippen molar-refractivity contribution in [1.29, 1.82) is 0 Å². The maximum Gasteiger partial charge on any atom is 0.153 e. The van der Waals surface area contributed by atoms with E-state index in [0.717, 1.165) is 29.9 Å². The zero-order chi connectivity index (χ0) is 12.3. The largest absolute Gasteiger partial charge is 0.326 e. The molecule has 0 spiro atoms. The number of nitrogens with two attached hydrogens (primary N) is 1. The molecular weight excluding hydrogens is 236 g/mol. The lowest BCUT2D eigenvalue weighted by atomic mass is 10.1. The van der Waals surface area contributed by atoms with Crippen LogP contribution in [-0.4, -0.2) is 14.8 Å². The molecule has 2 heterocycles. The van der Waals surface area contributed by atoms with Gasteiger partial charge in [0.1, 0.15) is 0 Å². The molecule has 0 atom stereocenters. The molecule has 4 nitrogen and oxygen atoms in total. The highest BCUT2D eigenvalue weighted by atomic mass is 35.5. The number of hydrogen-bond donors (Lipinski definition) is 1. The zero-order valence-electron chi connectivity index (χ0n) is 9.73. The van der Waals surface area contributed by atoms with Crippen molar-refractivity contribution < 1.29 is 0 Å². The van der Waals surface area contributed by atoms with Crippen molar-refractivity contribution in [2.75, 3.05) is 0 Å². The van der Waals surface area contributed by atoms with Crippen LogP contribution in [0.25, 0.3) is 5.82 Å². The van der Waals surface area contributed by atoms with Gasteiger partial charge in [-0.25, -0.2) is 9.67 Å². The Morgan fingerprint density at radius 1 is 1.41 bits per heavy atom. The van der Waals surface area contributed by atoms with Crippen LogP contribution in [0.2, 0.25) is 5.02 Å². The molecule has 0 radical (unpaired) electrons. The monoisotopic (exact) mass is 250 g/mol. The molecule has 0 aliphatic heterocycles. The molecule has 0 saturated heterocycles. The van der Waals surface area contributed by atoms with E-state index in [1.807, 2.05) is 12.1 Å². The average molecular weight is 251 g/mol. The van der Waals surface area contributed by atoms with Crippen LogP contribution in [0.3, 0.4) is 0 Å². The van der Waals surface area contributed by atoms with Gasteiger partial charge >= 0.3 is 0 Å². The van der Waals surface area contributed by atoms with E-state index in [1.54, 1.807) is 17.1 Å². The number of hydrogen-bond acceptors (Lipinski definition) is 3. The second-order valence-electron chi connectivity index (χ2n) is 3.88. The van der Waals surface area contributed by atoms with E-state index in [9.17, 15) is 0 Å². The van der Waals surface area contributed by atoms with Gasteiger partial charge in [0.15, 0.2) is 5.82 Å². The maximum absolute atomic E-state index is 5.85. The van der Waals surface area contributed by atoms with E-state index < -0.39 is 0 Å². The molecule has 0 aromatic carbocycles. The fourth-order valence-corrected chi connectivity index (χ4v) is 1.81. The van der Waals surface area contributed by atoms with E-state index in [4.69, 9.17) is 17.3 Å². The first-order chi connectivity index (χ1) is 8.22. The Balaban J connectivity index is 2.42. The van der Waals surface area contributed by atoms with Crippen molar-refractivity contribution in [3.05, 3.63) is 40.8 Å². The minimum atomic E-state index is 0.501. The van der Waals surface area contributed by atoms with Crippen LogP contribution in [0, 0.1) is 0 Å². The van der Waals surface area contributed by atoms with Crippen LogP contribution in [0.4, 0.5) is 0 Å². The van der Waals surface area contributed by atoms with Gasteiger partial charge in [-0.1, -0.05) is 24.9 Å². The fraction of sp³-hybridized carbons (Fsp3) is 0.333. The Bertz CT molecular complexity index is 507. The molecule has 5 heteroatoms. The van der Waals surface area contributed by atoms with Gasteiger partial charge < -0.3 is 5.73 Å². The topological polar surface area (TPSA) is 56.7 Å². The Morgan fingerprint density at radius 2 is 2.24 bits per heavy atom. The van der Waals surface area contributed by atoms with Gasteiger partial charge in [0.25, 0.3) is 0 Å². The van der Waals surface area contributed by atoms with E-state index in [1.165, 1.54) is 0 Å². The van der Waals surface area contributed by atoms with Crippen molar-refractivity contribution in [3.8, 4) is 5.82 Å². The highest BCUT2D eigenvalue weighted by molar-refractivity contribution is 6.30. The number of aromatic nitrogens is 3. The molecule has 0 saturated carbocycles. The second-order valence-corrected chi connectivity index (χ2v) is 4.32. The van der Waals surface area contributed by atoms with Gasteiger partial charge in [0.2, 0.25) is 0 Å². The van der Waals surface area contributed by atoms with Gasteiger partial charge in [0, 0.05) is 12.2 Å². The normalized spacial score (nSPS) is 10.8. The van der Waals surface area contributed by atoms with Gasteiger partial charge in [-0.05, 0) is 24.1 Å². The number of rotatable bonds is 4. The zero-order valence-corrected chi connectivity index (χ0v) is 10.5. The summed E-state index contributed by atoms with van der Waals surface area (Å²) in [5, 5.41) is 4.74. The van der Waals surface area contributed by atoms with Crippen molar-refractivity contribution in [2.45, 2.75) is 26.3 Å². The van der Waals surface area contributed by atoms with Crippen LogP contribution in [-0.2, 0) is 13.0 Å². The Kier molecular flexibility index (Phi) is 3.76. The summed E-state index contributed by atoms with van der Waals surface area (Å²) < 4.78 is 1.67. The molecule has 2 N–H and O–H groups in total. The average Bonchev–Trinajstić information content (AvgIpc) is 2.76. The summed E-state index contributed by atoms with van der Waals surface area (Å²) in [5.74, 6) is 0.767. The summed E-state index contributed by atoms with van der Waals surface area (Å²) in [4.78, 5) is 4.54. The first-order valence-electron chi connectivity index (χ1n) is 5.63. The lowest BCUT2D eigenvalue weighted by Gasteiger charge is -2.07. The van der Waals surface area contributed by atoms with Crippen LogP contribution < -0.4 is 5.73 Å². The second kappa shape index (κ2) is 5.29. The molecule has 90 valence electrons. The van der Waals surface area contributed by atoms with E-state index in [0.29, 0.717) is 11.6 Å². The molecule has 0 aliphatic rings. The van der Waals surface area contributed by atoms with E-state index >= 15 is 0 Å². The number of halogens is 1. The predicted octanol–water partition coefficient (Wildman–Crippen LogP) is 2.33. The van der Waals surface area contributed by atoms with Crippen molar-refractivity contribution in [2.24, 2.45) is 5.73 Å². The van der Waals surface area contributed by atoms with Crippen molar-refractivity contribution in [1.82, 2.24) is 14.8 Å². The SMILES string of the molecule is CCCc1cc(CN)cc(-n2cc(Cl)cn2)n1. The Hall–Kier alpha value is -1.39. The summed E-state index contributed by atoms with van der Waals surface area (Å²) in [5.41, 5.74) is 7.78. The van der Waals surface area contributed by atoms with Gasteiger partial charge in [-0.3, -0.25) is 0 Å². The summed E-state index contributed by atoms with van der Waals surface area (Å²) in [6.45, 7) is 2.63. The number of aryl methyl sites for hydroxylation is 1. The molecule has 2 rings (SSSR count). The van der Waals surface area contributed by atoms with E-state index in [2.05, 4.69) is 17.0 Å². The summed E-state index contributed by atoms with van der Waals surface area (Å²) in [6.07, 6.45) is 5.33. The molecule has 0 fully saturated rings. The summed E-state index contributed by atoms with van der Waals surface area (Å²) >= 11 is 5.85. The lowest BCUT2D eigenvalue weighted by molar-refractivity contribution is 0.807. The van der Waals surface area contributed by atoms with Crippen LogP contribution in [0.15, 0.2) is 24.5 Å². The molecule has 2 aromatic rings. The van der Waals surface area contributed by atoms with Crippen molar-refractivity contribution in [3.63, 3.8) is 0 Å². The predicted molar refractivity (Wildman–Crippen MR) is 68.3 cm³/mol. The van der Waals surface area contributed by atoms with E-state index in [-0.39, 0.29) is 0 Å². The first-order valence-corrected chi connectivity index (χ1v) is 6.01. The maximum atomic E-state index is 5.85. The highest BCUT2D eigenvalue weighted by Gasteiger charge is 2.05. The first kappa shape index (κ1) is 12.1. The van der Waals surface area contributed by atoms with Crippen LogP contribution in [0.5, 0.6) is 0 Å². The number of nitrogens with zero attached hydrogens (tertiary/aromatic N) is 3. The van der Waals surface area contributed by atoms with Crippen LogP contribution >= 0.6 is 11.6 Å². The number of pyridine rings is 1. The van der Waals surface area contributed by atoms with Crippen LogP contribution in [0.1, 0.15) is 24.6 Å². The molecule has 0 bridgehead atoms. The Morgan fingerprint density at radius 3 is 2.82 bits per heavy atom. The molecule has 17 heavy (non-hydrogen) atoms. The standard InChI is InChI=1S/C12H15ClN4/c1-2-3-11-4-9(6-14)5-12(16-11)17-8-10(13)7-15-17/h4-5,7-8H,2-3,6,14H2,1H3. The summed E-state index contributed by atoms with van der Waals surface area (Å²) in [6, 6.07) is 3.97. The highest BCUT2D eigenvalue weighted by Crippen LogP contribution is 2.13. The quantitative estimate of drug-likeness (QED) is 0.906. The minimum absolute atomic E-state index is 0.501. The molecule has 0 unspecified atom stereocenters.